The number of nitrogens with zero attached hydrogens (tertiary/aromatic N) is 2. The van der Waals surface area contributed by atoms with Crippen molar-refractivity contribution in [1.82, 2.24) is 9.47 Å². The third-order valence-electron chi connectivity index (χ3n) is 14.6. The molecule has 0 saturated heterocycles. The fourth-order valence-corrected chi connectivity index (χ4v) is 11.9. The monoisotopic (exact) mass is 778 g/mol. The van der Waals surface area contributed by atoms with Crippen LogP contribution in [0.2, 0.25) is 0 Å². The first-order valence-electron chi connectivity index (χ1n) is 22.2. The Balaban J connectivity index is 0.916. The van der Waals surface area contributed by atoms with Crippen molar-refractivity contribution in [2.75, 3.05) is 6.61 Å². The van der Waals surface area contributed by atoms with Crippen LogP contribution < -0.4 is 10.6 Å². The number of allylic oxidation sites excluding steroid dienone is 24. The zero-order valence-electron chi connectivity index (χ0n) is 34.1. The Morgan fingerprint density at radius 1 is 0.750 bits per heavy atom. The van der Waals surface area contributed by atoms with Crippen LogP contribution in [0.15, 0.2) is 221 Å². The quantitative estimate of drug-likeness (QED) is 0.262. The van der Waals surface area contributed by atoms with Gasteiger partial charge in [-0.2, -0.15) is 0 Å². The molecule has 0 radical (unpaired) electrons. The van der Waals surface area contributed by atoms with Gasteiger partial charge in [0.05, 0.1) is 10.9 Å². The van der Waals surface area contributed by atoms with Gasteiger partial charge in [0.2, 0.25) is 0 Å². The molecule has 0 spiro atoms. The summed E-state index contributed by atoms with van der Waals surface area (Å²) in [5.74, 6) is 3.26. The number of para-hydroxylation sites is 2. The van der Waals surface area contributed by atoms with Crippen molar-refractivity contribution in [3.63, 3.8) is 0 Å². The molecule has 9 aliphatic rings. The van der Waals surface area contributed by atoms with Crippen LogP contribution in [-0.4, -0.2) is 16.1 Å². The topological polar surface area (TPSA) is 17.4 Å². The summed E-state index contributed by atoms with van der Waals surface area (Å²) in [5.41, 5.74) is 14.9. The van der Waals surface area contributed by atoms with E-state index in [4.69, 9.17) is 4.74 Å². The van der Waals surface area contributed by atoms with Gasteiger partial charge in [0.1, 0.15) is 12.4 Å². The third-order valence-corrected chi connectivity index (χ3v) is 14.6. The van der Waals surface area contributed by atoms with Crippen LogP contribution in [0.4, 0.5) is 0 Å². The zero-order valence-corrected chi connectivity index (χ0v) is 34.1. The summed E-state index contributed by atoms with van der Waals surface area (Å²) in [6.45, 7) is 5.29. The molecule has 12 rings (SSSR count). The number of rotatable bonds is 4. The predicted octanol–water partition coefficient (Wildman–Crippen LogP) is 11.6. The highest BCUT2D eigenvalue weighted by Crippen LogP contribution is 2.55. The third kappa shape index (κ3) is 5.69. The minimum absolute atomic E-state index is 0.218. The van der Waals surface area contributed by atoms with Crippen molar-refractivity contribution in [3.8, 4) is 5.69 Å². The van der Waals surface area contributed by atoms with E-state index in [0.717, 1.165) is 37.7 Å². The van der Waals surface area contributed by atoms with Gasteiger partial charge in [0.25, 0.3) is 0 Å². The molecule has 294 valence electrons. The lowest BCUT2D eigenvalue weighted by atomic mass is 9.60. The molecule has 3 nitrogen and oxygen atoms in total. The molecule has 3 heterocycles. The zero-order chi connectivity index (χ0) is 39.7. The lowest BCUT2D eigenvalue weighted by Gasteiger charge is -2.46. The maximum atomic E-state index is 6.57. The minimum Gasteiger partial charge on any atom is -0.493 e. The van der Waals surface area contributed by atoms with Crippen molar-refractivity contribution in [2.24, 2.45) is 35.5 Å². The van der Waals surface area contributed by atoms with Crippen molar-refractivity contribution >= 4 is 23.1 Å². The Hall–Kier alpha value is -6.32. The summed E-state index contributed by atoms with van der Waals surface area (Å²) >= 11 is 0. The number of benzene rings is 2. The van der Waals surface area contributed by atoms with Crippen LogP contribution in [0.5, 0.6) is 0 Å². The SMILES string of the molecule is C=C1/C=C\C=C/N(C2=CC(C3=C4C=CC=CC4C4C(=C3)C3C=CC=CC3C3=C4OCC=C3)=CCC2)C2=C1CCC(C1C=c3c(c4ccccc4n3-c3ccccc3)=CC1)C2. The van der Waals surface area contributed by atoms with Crippen molar-refractivity contribution in [1.29, 1.82) is 0 Å². The number of hydrogen-bond acceptors (Lipinski definition) is 2. The van der Waals surface area contributed by atoms with Gasteiger partial charge in [0, 0.05) is 57.6 Å². The Bertz CT molecular complexity index is 2920. The number of fused-ring (bicyclic) bond motifs is 10. The molecule has 6 unspecified atom stereocenters. The average Bonchev–Trinajstić information content (AvgIpc) is 3.64. The molecule has 1 aromatic heterocycles. The van der Waals surface area contributed by atoms with Gasteiger partial charge >= 0.3 is 0 Å². The van der Waals surface area contributed by atoms with Crippen LogP contribution in [0, 0.1) is 35.5 Å². The van der Waals surface area contributed by atoms with E-state index in [1.807, 2.05) is 0 Å². The summed E-state index contributed by atoms with van der Waals surface area (Å²) in [7, 11) is 0. The molecule has 0 bridgehead atoms. The summed E-state index contributed by atoms with van der Waals surface area (Å²) < 4.78 is 9.06. The van der Waals surface area contributed by atoms with E-state index in [2.05, 4.69) is 186 Å². The largest absolute Gasteiger partial charge is 0.493 e. The normalized spacial score (nSPS) is 29.6. The Kier molecular flexibility index (Phi) is 8.58. The number of hydrogen-bond donors (Lipinski definition) is 0. The van der Waals surface area contributed by atoms with Gasteiger partial charge in [-0.05, 0) is 120 Å². The highest BCUT2D eigenvalue weighted by Gasteiger charge is 2.46. The summed E-state index contributed by atoms with van der Waals surface area (Å²) in [5, 5.41) is 4.07. The lowest BCUT2D eigenvalue weighted by molar-refractivity contribution is 0.179. The standard InChI is InChI=1S/C57H50N2O/c1-37-15-11-12-31-58(54-34-38(27-29-43(37)54)39-28-30-48-47-23-9-10-26-53(47)59(55(48)35-39)41-17-3-2-4-18-41)42-19-13-16-40(33-42)51-36-52-45-21-6-5-20-44(45)50-25-14-32-60-57(50)56(52)49-24-8-7-22-46(49)51/h2-12,14-18,20-26,30-31,33,35-36,38-39,44-45,49,56H,1,13,19,27-29,32,34H2/b15-11-,31-12-. The van der Waals surface area contributed by atoms with Crippen LogP contribution in [0.3, 0.4) is 0 Å². The predicted molar refractivity (Wildman–Crippen MR) is 246 cm³/mol. The highest BCUT2D eigenvalue weighted by atomic mass is 16.5. The molecule has 60 heavy (non-hydrogen) atoms. The van der Waals surface area contributed by atoms with Gasteiger partial charge in [-0.3, -0.25) is 0 Å². The highest BCUT2D eigenvalue weighted by molar-refractivity contribution is 5.84. The first-order chi connectivity index (χ1) is 29.7. The minimum atomic E-state index is 0.218. The first-order valence-corrected chi connectivity index (χ1v) is 22.2. The van der Waals surface area contributed by atoms with E-state index in [1.54, 1.807) is 0 Å². The van der Waals surface area contributed by atoms with E-state index in [-0.39, 0.29) is 11.8 Å². The molecule has 0 amide bonds. The molecule has 2 aromatic carbocycles. The second-order valence-electron chi connectivity index (χ2n) is 17.7. The number of ether oxygens (including phenoxy) is 1. The average molecular weight is 779 g/mol. The Morgan fingerprint density at radius 2 is 1.58 bits per heavy atom. The second-order valence-corrected chi connectivity index (χ2v) is 17.7. The summed E-state index contributed by atoms with van der Waals surface area (Å²) in [4.78, 5) is 2.57. The molecule has 0 N–H and O–H groups in total. The Labute approximate surface area is 353 Å². The fraction of sp³-hybridized carbons (Fsp3) is 0.228. The van der Waals surface area contributed by atoms with E-state index >= 15 is 0 Å². The fourth-order valence-electron chi connectivity index (χ4n) is 11.9. The lowest BCUT2D eigenvalue weighted by Crippen LogP contribution is -2.37. The second kappa shape index (κ2) is 14.4. The maximum absolute atomic E-state index is 6.57. The van der Waals surface area contributed by atoms with E-state index < -0.39 is 0 Å². The van der Waals surface area contributed by atoms with Crippen molar-refractivity contribution < 1.29 is 4.74 Å². The van der Waals surface area contributed by atoms with E-state index in [9.17, 15) is 0 Å². The van der Waals surface area contributed by atoms with Crippen molar-refractivity contribution in [2.45, 2.75) is 38.5 Å². The van der Waals surface area contributed by atoms with Crippen molar-refractivity contribution in [3.05, 3.63) is 231 Å². The molecule has 3 aromatic rings. The molecule has 6 atom stereocenters. The summed E-state index contributed by atoms with van der Waals surface area (Å²) in [6.07, 6.45) is 51.1. The maximum Gasteiger partial charge on any atom is 0.108 e. The molecule has 7 aliphatic carbocycles. The van der Waals surface area contributed by atoms with Gasteiger partial charge in [0.15, 0.2) is 0 Å². The van der Waals surface area contributed by atoms with Crippen LogP contribution in [0.25, 0.3) is 28.7 Å². The molecular formula is C57H50N2O. The van der Waals surface area contributed by atoms with E-state index in [1.165, 1.54) is 84.2 Å². The van der Waals surface area contributed by atoms with Gasteiger partial charge in [-0.15, -0.1) is 0 Å². The molecule has 3 heteroatoms. The van der Waals surface area contributed by atoms with Gasteiger partial charge < -0.3 is 14.2 Å². The summed E-state index contributed by atoms with van der Waals surface area (Å²) in [6, 6.07) is 19.8. The smallest absolute Gasteiger partial charge is 0.108 e. The molecular weight excluding hydrogens is 729 g/mol. The molecule has 0 fully saturated rings. The van der Waals surface area contributed by atoms with Crippen LogP contribution >= 0.6 is 0 Å². The van der Waals surface area contributed by atoms with Crippen LogP contribution in [-0.2, 0) is 4.74 Å². The number of aromatic nitrogens is 1. The Morgan fingerprint density at radius 3 is 2.52 bits per heavy atom. The van der Waals surface area contributed by atoms with Gasteiger partial charge in [-0.1, -0.05) is 140 Å². The van der Waals surface area contributed by atoms with E-state index in [0.29, 0.717) is 30.3 Å². The van der Waals surface area contributed by atoms with Gasteiger partial charge in [-0.25, -0.2) is 0 Å². The molecule has 0 saturated carbocycles. The first kappa shape index (κ1) is 35.6. The molecule has 2 aliphatic heterocycles. The van der Waals surface area contributed by atoms with Crippen LogP contribution in [0.1, 0.15) is 38.5 Å².